The van der Waals surface area contributed by atoms with E-state index in [1.165, 1.54) is 51.4 Å². The van der Waals surface area contributed by atoms with Gasteiger partial charge in [0.2, 0.25) is 0 Å². The summed E-state index contributed by atoms with van der Waals surface area (Å²) in [6.45, 7) is 0.726. The summed E-state index contributed by atoms with van der Waals surface area (Å²) in [4.78, 5) is 25.1. The smallest absolute Gasteiger partial charge is 0.428 e. The standard InChI is InChI=1S/C29H37NO5S/c31-27(32)13-11-9-7-5-3-1-2-4-6-8-10-12-18-35-25-17-16-23-19-22(14-15-24(23)21-25)20-26-28(33)30-29(34)36-26/h14-17,19-21H,1-13,18H2,(H,31,32)(H,30,33,34)/p+1/b26-20-. The van der Waals surface area contributed by atoms with Crippen LogP contribution in [0.5, 0.6) is 5.75 Å². The van der Waals surface area contributed by atoms with Crippen molar-refractivity contribution in [2.45, 2.75) is 83.5 Å². The molecule has 0 aromatic heterocycles. The lowest BCUT2D eigenvalue weighted by molar-refractivity contribution is -0.374. The zero-order valence-electron chi connectivity index (χ0n) is 21.0. The van der Waals surface area contributed by atoms with Gasteiger partial charge in [0.25, 0.3) is 0 Å². The van der Waals surface area contributed by atoms with Crippen molar-refractivity contribution in [3.63, 3.8) is 0 Å². The molecule has 0 saturated heterocycles. The summed E-state index contributed by atoms with van der Waals surface area (Å²) in [5.74, 6) is -0.0831. The van der Waals surface area contributed by atoms with Crippen LogP contribution in [-0.2, 0) is 9.59 Å². The second-order valence-electron chi connectivity index (χ2n) is 9.37. The zero-order valence-corrected chi connectivity index (χ0v) is 21.8. The average Bonchev–Trinajstić information content (AvgIpc) is 3.17. The second kappa shape index (κ2) is 15.3. The predicted molar refractivity (Wildman–Crippen MR) is 146 cm³/mol. The van der Waals surface area contributed by atoms with Crippen molar-refractivity contribution >= 4 is 45.7 Å². The lowest BCUT2D eigenvalue weighted by Gasteiger charge is -2.08. The van der Waals surface area contributed by atoms with Crippen LogP contribution in [0.25, 0.3) is 16.8 Å². The first-order valence-corrected chi connectivity index (χ1v) is 14.0. The molecule has 1 aliphatic heterocycles. The first-order chi connectivity index (χ1) is 17.5. The predicted octanol–water partition coefficient (Wildman–Crippen LogP) is 5.98. The van der Waals surface area contributed by atoms with E-state index in [4.69, 9.17) is 9.84 Å². The summed E-state index contributed by atoms with van der Waals surface area (Å²) >= 11 is 1.04. The molecule has 0 saturated carbocycles. The molecule has 1 heterocycles. The van der Waals surface area contributed by atoms with Gasteiger partial charge in [-0.3, -0.25) is 4.79 Å². The van der Waals surface area contributed by atoms with Crippen molar-refractivity contribution in [2.75, 3.05) is 6.61 Å². The second-order valence-corrected chi connectivity index (χ2v) is 10.4. The van der Waals surface area contributed by atoms with Crippen molar-refractivity contribution in [3.05, 3.63) is 46.9 Å². The first-order valence-electron chi connectivity index (χ1n) is 13.2. The summed E-state index contributed by atoms with van der Waals surface area (Å²) in [6, 6.07) is 12.1. The number of carboxylic acids is 1. The van der Waals surface area contributed by atoms with Crippen LogP contribution >= 0.6 is 11.8 Å². The van der Waals surface area contributed by atoms with E-state index in [0.29, 0.717) is 11.3 Å². The fraction of sp³-hybridized carbons (Fsp3) is 0.483. The van der Waals surface area contributed by atoms with Gasteiger partial charge >= 0.3 is 17.1 Å². The maximum Gasteiger partial charge on any atom is 0.428 e. The van der Waals surface area contributed by atoms with Crippen molar-refractivity contribution < 1.29 is 29.5 Å². The number of hydrogen-bond acceptors (Lipinski definition) is 4. The molecule has 0 spiro atoms. The van der Waals surface area contributed by atoms with E-state index in [9.17, 15) is 14.7 Å². The summed E-state index contributed by atoms with van der Waals surface area (Å²) in [5, 5.41) is 20.1. The van der Waals surface area contributed by atoms with E-state index >= 15 is 0 Å². The van der Waals surface area contributed by atoms with Gasteiger partial charge in [-0.25, -0.2) is 4.79 Å². The Morgan fingerprint density at radius 1 is 0.833 bits per heavy atom. The average molecular weight is 513 g/mol. The van der Waals surface area contributed by atoms with Gasteiger partial charge < -0.3 is 14.9 Å². The Labute approximate surface area is 217 Å². The zero-order chi connectivity index (χ0) is 25.6. The molecule has 2 aromatic rings. The number of benzene rings is 2. The number of carboxylic acid groups (broad SMARTS) is 1. The van der Waals surface area contributed by atoms with Crippen LogP contribution in [0.3, 0.4) is 0 Å². The molecule has 3 N–H and O–H groups in total. The lowest BCUT2D eigenvalue weighted by atomic mass is 10.0. The van der Waals surface area contributed by atoms with Crippen LogP contribution in [0, 0.1) is 0 Å². The molecule has 2 aromatic carbocycles. The van der Waals surface area contributed by atoms with Crippen molar-refractivity contribution in [1.82, 2.24) is 0 Å². The van der Waals surface area contributed by atoms with Gasteiger partial charge in [0, 0.05) is 18.2 Å². The van der Waals surface area contributed by atoms with Gasteiger partial charge in [-0.15, -0.1) is 4.99 Å². The molecule has 7 heteroatoms. The number of aliphatic hydroxyl groups excluding tert-OH is 1. The number of carbonyl (C=O) groups excluding carboxylic acids is 1. The number of unbranched alkanes of at least 4 members (excludes halogenated alkanes) is 11. The van der Waals surface area contributed by atoms with Crippen LogP contribution in [0.15, 0.2) is 41.3 Å². The molecular weight excluding hydrogens is 474 g/mol. The van der Waals surface area contributed by atoms with Crippen molar-refractivity contribution in [1.29, 1.82) is 0 Å². The number of nitrogens with one attached hydrogen (secondary N) is 1. The third-order valence-corrected chi connectivity index (χ3v) is 7.16. The quantitative estimate of drug-likeness (QED) is 0.178. The molecule has 0 bridgehead atoms. The highest BCUT2D eigenvalue weighted by atomic mass is 32.2. The SMILES string of the molecule is O=C(O)CCCCCCCCCCCCCCOc1ccc2cc(/C=C3\SC(O)=[NH+]C3=O)ccc2c1. The minimum absolute atomic E-state index is 0.0801. The number of carbonyl (C=O) groups is 2. The maximum atomic E-state index is 11.8. The van der Waals surface area contributed by atoms with Gasteiger partial charge in [0.15, 0.2) is 0 Å². The van der Waals surface area contributed by atoms with Gasteiger partial charge in [-0.2, -0.15) is 0 Å². The van der Waals surface area contributed by atoms with E-state index in [0.717, 1.165) is 66.1 Å². The number of fused-ring (bicyclic) bond motifs is 1. The number of ether oxygens (including phenoxy) is 1. The van der Waals surface area contributed by atoms with E-state index in [-0.39, 0.29) is 11.1 Å². The third kappa shape index (κ3) is 10.1. The highest BCUT2D eigenvalue weighted by Gasteiger charge is 2.29. The van der Waals surface area contributed by atoms with Crippen LogP contribution in [0.1, 0.15) is 89.0 Å². The largest absolute Gasteiger partial charge is 0.494 e. The lowest BCUT2D eigenvalue weighted by Crippen LogP contribution is -2.73. The number of aliphatic carboxylic acids is 1. The topological polar surface area (TPSA) is 97.8 Å². The Bertz CT molecular complexity index is 1080. The number of hydrogen-bond donors (Lipinski definition) is 3. The van der Waals surface area contributed by atoms with E-state index in [1.54, 1.807) is 6.08 Å². The highest BCUT2D eigenvalue weighted by molar-refractivity contribution is 8.17. The van der Waals surface area contributed by atoms with E-state index < -0.39 is 5.97 Å². The number of aliphatic hydroxyl groups is 1. The molecule has 0 radical (unpaired) electrons. The molecule has 36 heavy (non-hydrogen) atoms. The molecule has 194 valence electrons. The first kappa shape index (κ1) is 27.8. The van der Waals surface area contributed by atoms with Crippen molar-refractivity contribution in [3.8, 4) is 5.75 Å². The summed E-state index contributed by atoms with van der Waals surface area (Å²) in [7, 11) is 0. The number of thioether (sulfide) groups is 1. The minimum atomic E-state index is -0.682. The molecule has 1 amide bonds. The Morgan fingerprint density at radius 2 is 1.42 bits per heavy atom. The fourth-order valence-corrected chi connectivity index (χ4v) is 5.03. The molecule has 0 unspecified atom stereocenters. The summed E-state index contributed by atoms with van der Waals surface area (Å²) < 4.78 is 5.96. The van der Waals surface area contributed by atoms with Crippen LogP contribution < -0.4 is 9.73 Å². The normalized spacial score (nSPS) is 14.5. The molecule has 0 fully saturated rings. The van der Waals surface area contributed by atoms with Gasteiger partial charge in [0.1, 0.15) is 10.7 Å². The Balaban J connectivity index is 1.23. The van der Waals surface area contributed by atoms with Crippen LogP contribution in [0.2, 0.25) is 0 Å². The highest BCUT2D eigenvalue weighted by Crippen LogP contribution is 2.25. The Hall–Kier alpha value is -2.80. The molecule has 6 nitrogen and oxygen atoms in total. The Kier molecular flexibility index (Phi) is 11.8. The maximum absolute atomic E-state index is 11.8. The minimum Gasteiger partial charge on any atom is -0.494 e. The fourth-order valence-electron chi connectivity index (χ4n) is 4.34. The van der Waals surface area contributed by atoms with Gasteiger partial charge in [0.05, 0.1) is 6.61 Å². The van der Waals surface area contributed by atoms with Crippen molar-refractivity contribution in [2.24, 2.45) is 0 Å². The van der Waals surface area contributed by atoms with Gasteiger partial charge in [-0.1, -0.05) is 82.4 Å². The third-order valence-electron chi connectivity index (χ3n) is 6.34. The molecule has 0 aliphatic carbocycles. The monoisotopic (exact) mass is 512 g/mol. The molecule has 3 rings (SSSR count). The summed E-state index contributed by atoms with van der Waals surface area (Å²) in [5.41, 5.74) is 0.913. The van der Waals surface area contributed by atoms with E-state index in [1.807, 2.05) is 30.3 Å². The Morgan fingerprint density at radius 3 is 2.03 bits per heavy atom. The molecule has 0 atom stereocenters. The number of rotatable bonds is 17. The van der Waals surface area contributed by atoms with E-state index in [2.05, 4.69) is 11.1 Å². The summed E-state index contributed by atoms with van der Waals surface area (Å²) in [6.07, 6.45) is 16.3. The van der Waals surface area contributed by atoms with Crippen LogP contribution in [0.4, 0.5) is 0 Å². The molecule has 1 aliphatic rings. The molecular formula is C29H38NO5S+. The van der Waals surface area contributed by atoms with Gasteiger partial charge in [-0.05, 0) is 53.5 Å². The number of amides is 1. The van der Waals surface area contributed by atoms with Crippen LogP contribution in [-0.4, -0.2) is 33.9 Å².